The van der Waals surface area contributed by atoms with E-state index in [0.717, 1.165) is 53.4 Å². The second-order valence-corrected chi connectivity index (χ2v) is 11.1. The molecule has 0 spiro atoms. The molecule has 1 saturated heterocycles. The Morgan fingerprint density at radius 3 is 2.87 bits per heavy atom. The Hall–Kier alpha value is -1.80. The number of piperidine rings is 1. The minimum absolute atomic E-state index is 0.0836. The smallest absolute Gasteiger partial charge is 0.227 e. The summed E-state index contributed by atoms with van der Waals surface area (Å²) < 4.78 is 5.48. The lowest BCUT2D eigenvalue weighted by atomic mass is 9.84. The maximum absolute atomic E-state index is 12.3. The minimum atomic E-state index is 0.0836. The van der Waals surface area contributed by atoms with Gasteiger partial charge in [-0.05, 0) is 63.8 Å². The molecule has 31 heavy (non-hydrogen) atoms. The zero-order valence-electron chi connectivity index (χ0n) is 18.6. The van der Waals surface area contributed by atoms with E-state index < -0.39 is 0 Å². The van der Waals surface area contributed by atoms with Gasteiger partial charge < -0.3 is 14.7 Å². The fourth-order valence-corrected chi connectivity index (χ4v) is 6.36. The van der Waals surface area contributed by atoms with Gasteiger partial charge in [0.2, 0.25) is 5.91 Å². The molecule has 2 aromatic heterocycles. The van der Waals surface area contributed by atoms with Crippen LogP contribution < -0.4 is 5.32 Å². The highest BCUT2D eigenvalue weighted by Crippen LogP contribution is 2.58. The zero-order valence-corrected chi connectivity index (χ0v) is 19.4. The molecule has 1 amide bonds. The van der Waals surface area contributed by atoms with Crippen LogP contribution in [0.4, 0.5) is 0 Å². The number of aromatic nitrogens is 3. The van der Waals surface area contributed by atoms with E-state index in [1.165, 1.54) is 55.8 Å². The number of nitrogens with one attached hydrogen (secondary N) is 1. The summed E-state index contributed by atoms with van der Waals surface area (Å²) in [5, 5.41) is 17.4. The van der Waals surface area contributed by atoms with Gasteiger partial charge in [-0.1, -0.05) is 12.1 Å². The van der Waals surface area contributed by atoms with Crippen molar-refractivity contribution in [3.05, 3.63) is 27.5 Å². The fourth-order valence-electron chi connectivity index (χ4n) is 5.65. The molecule has 0 radical (unpaired) electrons. The first-order chi connectivity index (χ1) is 15.0. The largest absolute Gasteiger partial charge is 0.361 e. The summed E-state index contributed by atoms with van der Waals surface area (Å²) in [6.07, 6.45) is 8.45. The number of amides is 1. The molecule has 2 aromatic rings. The van der Waals surface area contributed by atoms with Crippen LogP contribution in [0.5, 0.6) is 0 Å². The number of nitrogens with zero attached hydrogens (tertiary/aromatic N) is 4. The summed E-state index contributed by atoms with van der Waals surface area (Å²) in [5.74, 6) is 2.65. The minimum Gasteiger partial charge on any atom is -0.361 e. The molecule has 168 valence electrons. The number of carbonyl (C=O) groups excluding carboxylic acids is 1. The Labute approximate surface area is 188 Å². The highest BCUT2D eigenvalue weighted by molar-refractivity contribution is 7.11. The molecule has 0 aromatic carbocycles. The average Bonchev–Trinajstić information content (AvgIpc) is 3.17. The van der Waals surface area contributed by atoms with Gasteiger partial charge in [-0.3, -0.25) is 4.79 Å². The monoisotopic (exact) mass is 443 g/mol. The maximum Gasteiger partial charge on any atom is 0.227 e. The van der Waals surface area contributed by atoms with Gasteiger partial charge in [0.15, 0.2) is 0 Å². The summed E-state index contributed by atoms with van der Waals surface area (Å²) in [7, 11) is 0. The van der Waals surface area contributed by atoms with E-state index in [1.54, 1.807) is 0 Å². The summed E-state index contributed by atoms with van der Waals surface area (Å²) in [4.78, 5) is 14.9. The lowest BCUT2D eigenvalue weighted by molar-refractivity contribution is -0.121. The molecule has 5 rings (SSSR count). The van der Waals surface area contributed by atoms with Crippen molar-refractivity contribution < 1.29 is 9.32 Å². The number of carbonyl (C=O) groups is 1. The number of likely N-dealkylation sites (tertiary alicyclic amines) is 1. The molecule has 2 aliphatic carbocycles. The summed E-state index contributed by atoms with van der Waals surface area (Å²) in [6.45, 7) is 7.58. The second kappa shape index (κ2) is 8.62. The summed E-state index contributed by atoms with van der Waals surface area (Å²) in [6, 6.07) is 2.51. The normalized spacial score (nSPS) is 30.3. The van der Waals surface area contributed by atoms with E-state index >= 15 is 0 Å². The summed E-state index contributed by atoms with van der Waals surface area (Å²) >= 11 is 1.50. The first-order valence-electron chi connectivity index (χ1n) is 11.8. The highest BCUT2D eigenvalue weighted by Gasteiger charge is 2.62. The number of hydrogen-bond acceptors (Lipinski definition) is 7. The molecule has 1 aliphatic heterocycles. The first kappa shape index (κ1) is 21.1. The number of fused-ring (bicyclic) bond motifs is 1. The molecular formula is C23H33N5O2S. The van der Waals surface area contributed by atoms with Crippen LogP contribution in [0.2, 0.25) is 0 Å². The quantitative estimate of drug-likeness (QED) is 0.674. The van der Waals surface area contributed by atoms with Gasteiger partial charge >= 0.3 is 0 Å². The Bertz CT molecular complexity index is 919. The van der Waals surface area contributed by atoms with Gasteiger partial charge in [0.1, 0.15) is 15.8 Å². The van der Waals surface area contributed by atoms with E-state index in [2.05, 4.69) is 38.6 Å². The number of rotatable bonds is 8. The van der Waals surface area contributed by atoms with E-state index in [9.17, 15) is 4.79 Å². The molecule has 3 heterocycles. The molecule has 2 atom stereocenters. The predicted octanol–water partition coefficient (Wildman–Crippen LogP) is 3.28. The van der Waals surface area contributed by atoms with E-state index in [-0.39, 0.29) is 11.3 Å². The topological polar surface area (TPSA) is 84.2 Å². The number of hydrogen-bond donors (Lipinski definition) is 1. The standard InChI is InChI=1S/C23H33N5O2S/c1-3-19-10-20(27-30-19)23-12-17(23)13-28(14-23)9-8-16-4-6-18(7-5-16)24-21(29)11-22-26-25-15(2)31-22/h10,16-18H,3-9,11-14H2,1-2H3,(H,24,29)/t16?,17-,18?,23-/m0/s1. The molecule has 3 aliphatic rings. The number of aryl methyl sites for hydroxylation is 2. The van der Waals surface area contributed by atoms with Gasteiger partial charge in [-0.15, -0.1) is 21.5 Å². The van der Waals surface area contributed by atoms with Gasteiger partial charge in [0.25, 0.3) is 0 Å². The molecule has 0 unspecified atom stereocenters. The van der Waals surface area contributed by atoms with Crippen LogP contribution in [0, 0.1) is 18.8 Å². The Balaban J connectivity index is 1.02. The lowest BCUT2D eigenvalue weighted by Crippen LogP contribution is -2.39. The summed E-state index contributed by atoms with van der Waals surface area (Å²) in [5.41, 5.74) is 1.47. The fraction of sp³-hybridized carbons (Fsp3) is 0.739. The Kier molecular flexibility index (Phi) is 5.86. The van der Waals surface area contributed by atoms with Crippen molar-refractivity contribution in [3.63, 3.8) is 0 Å². The third-order valence-electron chi connectivity index (χ3n) is 7.58. The van der Waals surface area contributed by atoms with Crippen molar-refractivity contribution >= 4 is 17.2 Å². The van der Waals surface area contributed by atoms with Crippen molar-refractivity contribution in [3.8, 4) is 0 Å². The van der Waals surface area contributed by atoms with Crippen molar-refractivity contribution in [1.82, 2.24) is 25.6 Å². The highest BCUT2D eigenvalue weighted by atomic mass is 32.1. The van der Waals surface area contributed by atoms with Crippen LogP contribution >= 0.6 is 11.3 Å². The van der Waals surface area contributed by atoms with E-state index in [0.29, 0.717) is 12.5 Å². The van der Waals surface area contributed by atoms with Crippen LogP contribution in [0.15, 0.2) is 10.6 Å². The van der Waals surface area contributed by atoms with E-state index in [1.807, 2.05) is 6.92 Å². The SMILES string of the molecule is CCc1cc([C@]23C[C@H]2CN(CCC2CCC(NC(=O)Cc4nnc(C)s4)CC2)C3)no1. The molecule has 7 nitrogen and oxygen atoms in total. The van der Waals surface area contributed by atoms with Crippen LogP contribution in [0.1, 0.15) is 66.9 Å². The molecule has 3 fully saturated rings. The maximum atomic E-state index is 12.3. The van der Waals surface area contributed by atoms with Crippen molar-refractivity contribution in [1.29, 1.82) is 0 Å². The average molecular weight is 444 g/mol. The Morgan fingerprint density at radius 1 is 1.32 bits per heavy atom. The van der Waals surface area contributed by atoms with E-state index in [4.69, 9.17) is 4.52 Å². The van der Waals surface area contributed by atoms with Gasteiger partial charge in [0.05, 0.1) is 12.1 Å². The van der Waals surface area contributed by atoms with Gasteiger partial charge in [0, 0.05) is 37.0 Å². The lowest BCUT2D eigenvalue weighted by Gasteiger charge is -2.30. The molecule has 1 N–H and O–H groups in total. The predicted molar refractivity (Wildman–Crippen MR) is 119 cm³/mol. The zero-order chi connectivity index (χ0) is 21.4. The van der Waals surface area contributed by atoms with Crippen LogP contribution in [-0.2, 0) is 23.1 Å². The molecule has 2 saturated carbocycles. The second-order valence-electron chi connectivity index (χ2n) is 9.79. The van der Waals surface area contributed by atoms with Crippen molar-refractivity contribution in [2.75, 3.05) is 19.6 Å². The van der Waals surface area contributed by atoms with Crippen LogP contribution in [0.3, 0.4) is 0 Å². The first-order valence-corrected chi connectivity index (χ1v) is 12.6. The Morgan fingerprint density at radius 2 is 2.16 bits per heavy atom. The van der Waals surface area contributed by atoms with Crippen LogP contribution in [-0.4, -0.2) is 51.8 Å². The van der Waals surface area contributed by atoms with Crippen molar-refractivity contribution in [2.45, 2.75) is 76.7 Å². The van der Waals surface area contributed by atoms with Crippen LogP contribution in [0.25, 0.3) is 0 Å². The molecule has 0 bridgehead atoms. The van der Waals surface area contributed by atoms with Gasteiger partial charge in [-0.25, -0.2) is 0 Å². The van der Waals surface area contributed by atoms with Crippen molar-refractivity contribution in [2.24, 2.45) is 11.8 Å². The molecule has 8 heteroatoms. The van der Waals surface area contributed by atoms with Gasteiger partial charge in [-0.2, -0.15) is 0 Å². The third-order valence-corrected chi connectivity index (χ3v) is 8.42. The molecular weight excluding hydrogens is 410 g/mol. The third kappa shape index (κ3) is 4.55.